The quantitative estimate of drug-likeness (QED) is 0.762. The number of rotatable bonds is 3. The molecule has 1 heterocycles. The third-order valence-electron chi connectivity index (χ3n) is 2.91. The van der Waals surface area contributed by atoms with Gasteiger partial charge in [0.1, 0.15) is 5.75 Å². The van der Waals surface area contributed by atoms with Crippen LogP contribution in [0.5, 0.6) is 5.75 Å². The second kappa shape index (κ2) is 5.66. The van der Waals surface area contributed by atoms with Crippen LogP contribution in [0.3, 0.4) is 0 Å². The number of hydrogen-bond donors (Lipinski definition) is 2. The summed E-state index contributed by atoms with van der Waals surface area (Å²) in [7, 11) is 0. The summed E-state index contributed by atoms with van der Waals surface area (Å²) in [6, 6.07) is 7.78. The number of phenols is 1. The monoisotopic (exact) mass is 218 g/mol. The molecule has 0 aromatic heterocycles. The van der Waals surface area contributed by atoms with Crippen molar-refractivity contribution in [3.8, 4) is 5.75 Å². The Morgan fingerprint density at radius 1 is 1.38 bits per heavy atom. The van der Waals surface area contributed by atoms with Crippen LogP contribution in [0.1, 0.15) is 24.8 Å². The van der Waals surface area contributed by atoms with Crippen molar-refractivity contribution >= 4 is 6.21 Å². The molecular weight excluding hydrogens is 200 g/mol. The van der Waals surface area contributed by atoms with E-state index < -0.39 is 0 Å². The lowest BCUT2D eigenvalue weighted by Gasteiger charge is -2.21. The second-order valence-electron chi connectivity index (χ2n) is 4.20. The molecule has 0 bridgehead atoms. The highest BCUT2D eigenvalue weighted by atomic mass is 16.3. The number of para-hydroxylation sites is 1. The molecular formula is C13H18N2O. The number of benzene rings is 1. The molecule has 2 N–H and O–H groups in total. The smallest absolute Gasteiger partial charge is 0.124 e. The van der Waals surface area contributed by atoms with Crippen molar-refractivity contribution in [3.05, 3.63) is 29.8 Å². The predicted molar refractivity (Wildman–Crippen MR) is 66.2 cm³/mol. The molecule has 0 saturated carbocycles. The SMILES string of the molecule is Oc1ccccc1C=NCC1CCCCN1. The maximum absolute atomic E-state index is 9.54. The Kier molecular flexibility index (Phi) is 3.94. The van der Waals surface area contributed by atoms with Gasteiger partial charge in [-0.3, -0.25) is 4.99 Å². The lowest BCUT2D eigenvalue weighted by Crippen LogP contribution is -2.36. The highest BCUT2D eigenvalue weighted by Gasteiger charge is 2.10. The fourth-order valence-corrected chi connectivity index (χ4v) is 1.95. The van der Waals surface area contributed by atoms with Gasteiger partial charge in [-0.1, -0.05) is 18.6 Å². The zero-order valence-corrected chi connectivity index (χ0v) is 9.39. The number of nitrogens with one attached hydrogen (secondary N) is 1. The molecule has 0 amide bonds. The lowest BCUT2D eigenvalue weighted by atomic mass is 10.1. The van der Waals surface area contributed by atoms with Crippen LogP contribution in [0.25, 0.3) is 0 Å². The van der Waals surface area contributed by atoms with E-state index in [4.69, 9.17) is 0 Å². The fourth-order valence-electron chi connectivity index (χ4n) is 1.95. The summed E-state index contributed by atoms with van der Waals surface area (Å²) in [5.41, 5.74) is 0.790. The Morgan fingerprint density at radius 3 is 3.00 bits per heavy atom. The van der Waals surface area contributed by atoms with Crippen molar-refractivity contribution in [1.82, 2.24) is 5.32 Å². The Labute approximate surface area is 96.2 Å². The molecule has 1 aliphatic rings. The van der Waals surface area contributed by atoms with E-state index in [0.29, 0.717) is 11.8 Å². The van der Waals surface area contributed by atoms with Crippen molar-refractivity contribution in [2.45, 2.75) is 25.3 Å². The number of phenolic OH excluding ortho intramolecular Hbond substituents is 1. The van der Waals surface area contributed by atoms with Crippen LogP contribution < -0.4 is 5.32 Å². The van der Waals surface area contributed by atoms with Gasteiger partial charge in [0.25, 0.3) is 0 Å². The zero-order chi connectivity index (χ0) is 11.2. The van der Waals surface area contributed by atoms with Gasteiger partial charge in [0.05, 0.1) is 6.54 Å². The Morgan fingerprint density at radius 2 is 2.25 bits per heavy atom. The van der Waals surface area contributed by atoms with Gasteiger partial charge in [0.15, 0.2) is 0 Å². The van der Waals surface area contributed by atoms with Crippen LogP contribution in [-0.2, 0) is 0 Å². The van der Waals surface area contributed by atoms with Gasteiger partial charge in [0, 0.05) is 17.8 Å². The number of aromatic hydroxyl groups is 1. The van der Waals surface area contributed by atoms with Crippen LogP contribution in [0.15, 0.2) is 29.3 Å². The first-order valence-electron chi connectivity index (χ1n) is 5.87. The second-order valence-corrected chi connectivity index (χ2v) is 4.20. The standard InChI is InChI=1S/C13H18N2O/c16-13-7-2-1-5-11(13)9-14-10-12-6-3-4-8-15-12/h1-2,5,7,9,12,15-16H,3-4,6,8,10H2. The fraction of sp³-hybridized carbons (Fsp3) is 0.462. The average Bonchev–Trinajstić information content (AvgIpc) is 2.33. The third-order valence-corrected chi connectivity index (χ3v) is 2.91. The number of nitrogens with zero attached hydrogens (tertiary/aromatic N) is 1. The van der Waals surface area contributed by atoms with Gasteiger partial charge in [-0.2, -0.15) is 0 Å². The van der Waals surface area contributed by atoms with E-state index >= 15 is 0 Å². The van der Waals surface area contributed by atoms with Gasteiger partial charge in [-0.05, 0) is 31.5 Å². The summed E-state index contributed by atoms with van der Waals surface area (Å²) in [6.45, 7) is 1.91. The largest absolute Gasteiger partial charge is 0.507 e. The summed E-state index contributed by atoms with van der Waals surface area (Å²) in [5.74, 6) is 0.294. The number of aliphatic imine (C=N–C) groups is 1. The molecule has 0 spiro atoms. The van der Waals surface area contributed by atoms with E-state index in [9.17, 15) is 5.11 Å². The third kappa shape index (κ3) is 3.07. The van der Waals surface area contributed by atoms with E-state index in [1.807, 2.05) is 18.2 Å². The van der Waals surface area contributed by atoms with Crippen molar-refractivity contribution in [1.29, 1.82) is 0 Å². The van der Waals surface area contributed by atoms with Gasteiger partial charge >= 0.3 is 0 Å². The first kappa shape index (κ1) is 11.1. The molecule has 1 aromatic rings. The van der Waals surface area contributed by atoms with Crippen molar-refractivity contribution in [2.24, 2.45) is 4.99 Å². The molecule has 1 saturated heterocycles. The van der Waals surface area contributed by atoms with E-state index in [0.717, 1.165) is 18.7 Å². The summed E-state index contributed by atoms with van der Waals surface area (Å²) in [6.07, 6.45) is 5.53. The molecule has 1 atom stereocenters. The predicted octanol–water partition coefficient (Wildman–Crippen LogP) is 1.95. The van der Waals surface area contributed by atoms with Crippen molar-refractivity contribution in [2.75, 3.05) is 13.1 Å². The minimum absolute atomic E-state index is 0.294. The van der Waals surface area contributed by atoms with E-state index in [-0.39, 0.29) is 0 Å². The molecule has 16 heavy (non-hydrogen) atoms. The van der Waals surface area contributed by atoms with E-state index in [1.54, 1.807) is 12.3 Å². The van der Waals surface area contributed by atoms with Gasteiger partial charge < -0.3 is 10.4 Å². The maximum atomic E-state index is 9.54. The van der Waals surface area contributed by atoms with Crippen LogP contribution in [0, 0.1) is 0 Å². The highest BCUT2D eigenvalue weighted by Crippen LogP contribution is 2.13. The Hall–Kier alpha value is -1.35. The zero-order valence-electron chi connectivity index (χ0n) is 9.39. The molecule has 86 valence electrons. The molecule has 0 radical (unpaired) electrons. The van der Waals surface area contributed by atoms with Gasteiger partial charge in [0.2, 0.25) is 0 Å². The highest BCUT2D eigenvalue weighted by molar-refractivity contribution is 5.83. The number of hydrogen-bond acceptors (Lipinski definition) is 3. The molecule has 3 heteroatoms. The summed E-state index contributed by atoms with van der Waals surface area (Å²) in [4.78, 5) is 4.38. The Bertz CT molecular complexity index is 357. The Balaban J connectivity index is 1.87. The normalized spacial score (nSPS) is 21.4. The summed E-state index contributed by atoms with van der Waals surface area (Å²) >= 11 is 0. The van der Waals surface area contributed by atoms with E-state index in [1.165, 1.54) is 19.3 Å². The average molecular weight is 218 g/mol. The molecule has 1 aliphatic heterocycles. The molecule has 1 aromatic carbocycles. The maximum Gasteiger partial charge on any atom is 0.124 e. The molecule has 1 fully saturated rings. The first-order valence-corrected chi connectivity index (χ1v) is 5.87. The minimum atomic E-state index is 0.294. The van der Waals surface area contributed by atoms with Crippen LogP contribution in [0.4, 0.5) is 0 Å². The van der Waals surface area contributed by atoms with Crippen LogP contribution >= 0.6 is 0 Å². The lowest BCUT2D eigenvalue weighted by molar-refractivity contribution is 0.408. The molecule has 0 aliphatic carbocycles. The van der Waals surface area contributed by atoms with Crippen molar-refractivity contribution in [3.63, 3.8) is 0 Å². The first-order chi connectivity index (χ1) is 7.86. The topological polar surface area (TPSA) is 44.6 Å². The minimum Gasteiger partial charge on any atom is -0.507 e. The molecule has 3 nitrogen and oxygen atoms in total. The summed E-state index contributed by atoms with van der Waals surface area (Å²) in [5, 5.41) is 13.0. The molecule has 1 unspecified atom stereocenters. The summed E-state index contributed by atoms with van der Waals surface area (Å²) < 4.78 is 0. The van der Waals surface area contributed by atoms with Gasteiger partial charge in [-0.25, -0.2) is 0 Å². The number of piperidine rings is 1. The van der Waals surface area contributed by atoms with E-state index in [2.05, 4.69) is 10.3 Å². The van der Waals surface area contributed by atoms with Gasteiger partial charge in [-0.15, -0.1) is 0 Å². The molecule has 2 rings (SSSR count). The van der Waals surface area contributed by atoms with Crippen LogP contribution in [-0.4, -0.2) is 30.5 Å². The van der Waals surface area contributed by atoms with Crippen LogP contribution in [0.2, 0.25) is 0 Å². The van der Waals surface area contributed by atoms with Crippen molar-refractivity contribution < 1.29 is 5.11 Å².